The van der Waals surface area contributed by atoms with Gasteiger partial charge in [0.25, 0.3) is 0 Å². The van der Waals surface area contributed by atoms with Crippen molar-refractivity contribution in [3.05, 3.63) is 0 Å². The SMILES string of the molecule is CCN1CCN(C(=O)C2NCCCC2(C)C)CC1. The number of piperidine rings is 1. The summed E-state index contributed by atoms with van der Waals surface area (Å²) in [4.78, 5) is 17.1. The van der Waals surface area contributed by atoms with Crippen LogP contribution in [0.15, 0.2) is 0 Å². The van der Waals surface area contributed by atoms with Gasteiger partial charge in [-0.2, -0.15) is 0 Å². The minimum absolute atomic E-state index is 0.0134. The first kappa shape index (κ1) is 13.8. The lowest BCUT2D eigenvalue weighted by Gasteiger charge is -2.43. The molecule has 2 aliphatic rings. The predicted molar refractivity (Wildman–Crippen MR) is 73.5 cm³/mol. The molecule has 2 fully saturated rings. The summed E-state index contributed by atoms with van der Waals surface area (Å²) >= 11 is 0. The van der Waals surface area contributed by atoms with E-state index in [1.54, 1.807) is 0 Å². The highest BCUT2D eigenvalue weighted by Crippen LogP contribution is 2.31. The molecule has 0 saturated carbocycles. The Morgan fingerprint density at radius 2 is 1.94 bits per heavy atom. The molecule has 0 aliphatic carbocycles. The molecule has 2 saturated heterocycles. The van der Waals surface area contributed by atoms with Gasteiger partial charge in [-0.05, 0) is 31.3 Å². The second kappa shape index (κ2) is 5.57. The highest BCUT2D eigenvalue weighted by molar-refractivity contribution is 5.83. The zero-order chi connectivity index (χ0) is 13.2. The van der Waals surface area contributed by atoms with Crippen molar-refractivity contribution in [2.45, 2.75) is 39.7 Å². The van der Waals surface area contributed by atoms with Gasteiger partial charge in [0.1, 0.15) is 0 Å². The van der Waals surface area contributed by atoms with Crippen molar-refractivity contribution in [1.82, 2.24) is 15.1 Å². The van der Waals surface area contributed by atoms with Crippen molar-refractivity contribution in [1.29, 1.82) is 0 Å². The van der Waals surface area contributed by atoms with Gasteiger partial charge in [-0.3, -0.25) is 4.79 Å². The molecule has 4 heteroatoms. The predicted octanol–water partition coefficient (Wildman–Crippen LogP) is 0.929. The number of nitrogens with one attached hydrogen (secondary N) is 1. The number of hydrogen-bond donors (Lipinski definition) is 1. The summed E-state index contributed by atoms with van der Waals surface area (Å²) in [5, 5.41) is 3.43. The summed E-state index contributed by atoms with van der Waals surface area (Å²) in [6.07, 6.45) is 2.33. The zero-order valence-corrected chi connectivity index (χ0v) is 12.0. The Balaban J connectivity index is 1.95. The van der Waals surface area contributed by atoms with Crippen molar-refractivity contribution in [3.63, 3.8) is 0 Å². The second-order valence-corrected chi connectivity index (χ2v) is 6.24. The summed E-state index contributed by atoms with van der Waals surface area (Å²) in [7, 11) is 0. The third kappa shape index (κ3) is 2.86. The average Bonchev–Trinajstić information content (AvgIpc) is 2.37. The van der Waals surface area contributed by atoms with Crippen molar-refractivity contribution >= 4 is 5.91 Å². The van der Waals surface area contributed by atoms with Gasteiger partial charge in [-0.1, -0.05) is 20.8 Å². The molecule has 0 spiro atoms. The van der Waals surface area contributed by atoms with Crippen LogP contribution in [0.4, 0.5) is 0 Å². The first-order valence-corrected chi connectivity index (χ1v) is 7.29. The third-order valence-corrected chi connectivity index (χ3v) is 4.51. The van der Waals surface area contributed by atoms with E-state index in [0.29, 0.717) is 5.91 Å². The molecular formula is C14H27N3O. The number of nitrogens with zero attached hydrogens (tertiary/aromatic N) is 2. The Kier molecular flexibility index (Phi) is 4.28. The van der Waals surface area contributed by atoms with Gasteiger partial charge >= 0.3 is 0 Å². The molecule has 1 atom stereocenters. The summed E-state index contributed by atoms with van der Waals surface area (Å²) in [6, 6.07) is 0.0134. The molecule has 0 aromatic carbocycles. The molecule has 2 rings (SSSR count). The molecule has 18 heavy (non-hydrogen) atoms. The molecule has 0 aromatic rings. The zero-order valence-electron chi connectivity index (χ0n) is 12.0. The fourth-order valence-corrected chi connectivity index (χ4v) is 3.10. The van der Waals surface area contributed by atoms with Crippen LogP contribution in [0.25, 0.3) is 0 Å². The smallest absolute Gasteiger partial charge is 0.240 e. The highest BCUT2D eigenvalue weighted by atomic mass is 16.2. The van der Waals surface area contributed by atoms with Crippen LogP contribution in [0.5, 0.6) is 0 Å². The normalized spacial score (nSPS) is 29.3. The van der Waals surface area contributed by atoms with Crippen molar-refractivity contribution in [2.75, 3.05) is 39.3 Å². The van der Waals surface area contributed by atoms with Gasteiger partial charge in [0.2, 0.25) is 5.91 Å². The number of carbonyl (C=O) groups excluding carboxylic acids is 1. The molecule has 0 aromatic heterocycles. The van der Waals surface area contributed by atoms with Gasteiger partial charge in [-0.15, -0.1) is 0 Å². The van der Waals surface area contributed by atoms with Crippen molar-refractivity contribution < 1.29 is 4.79 Å². The average molecular weight is 253 g/mol. The number of likely N-dealkylation sites (N-methyl/N-ethyl adjacent to an activating group) is 1. The molecule has 4 nitrogen and oxygen atoms in total. The molecule has 1 N–H and O–H groups in total. The quantitative estimate of drug-likeness (QED) is 0.795. The van der Waals surface area contributed by atoms with Crippen LogP contribution < -0.4 is 5.32 Å². The van der Waals surface area contributed by atoms with E-state index in [1.807, 2.05) is 0 Å². The van der Waals surface area contributed by atoms with E-state index in [0.717, 1.165) is 45.7 Å². The first-order valence-electron chi connectivity index (χ1n) is 7.29. The van der Waals surface area contributed by atoms with Gasteiger partial charge in [0.05, 0.1) is 6.04 Å². The van der Waals surface area contributed by atoms with E-state index in [-0.39, 0.29) is 11.5 Å². The fourth-order valence-electron chi connectivity index (χ4n) is 3.10. The molecule has 1 amide bonds. The van der Waals surface area contributed by atoms with Crippen LogP contribution in [0, 0.1) is 5.41 Å². The summed E-state index contributed by atoms with van der Waals surface area (Å²) in [6.45, 7) is 12.5. The van der Waals surface area contributed by atoms with Crippen molar-refractivity contribution in [2.24, 2.45) is 5.41 Å². The second-order valence-electron chi connectivity index (χ2n) is 6.24. The van der Waals surface area contributed by atoms with E-state index in [2.05, 4.69) is 35.9 Å². The van der Waals surface area contributed by atoms with E-state index in [9.17, 15) is 4.79 Å². The molecule has 1 unspecified atom stereocenters. The molecule has 104 valence electrons. The maximum Gasteiger partial charge on any atom is 0.240 e. The lowest BCUT2D eigenvalue weighted by molar-refractivity contribution is -0.139. The maximum atomic E-state index is 12.6. The standard InChI is InChI=1S/C14H27N3O/c1-4-16-8-10-17(11-9-16)13(18)12-14(2,3)6-5-7-15-12/h12,15H,4-11H2,1-3H3. The molecule has 2 heterocycles. The monoisotopic (exact) mass is 253 g/mol. The Morgan fingerprint density at radius 1 is 1.28 bits per heavy atom. The van der Waals surface area contributed by atoms with Crippen LogP contribution in [0.2, 0.25) is 0 Å². The minimum Gasteiger partial charge on any atom is -0.339 e. The number of amides is 1. The Bertz CT molecular complexity index is 295. The summed E-state index contributed by atoms with van der Waals surface area (Å²) in [5.41, 5.74) is 0.0945. The first-order chi connectivity index (χ1) is 8.54. The minimum atomic E-state index is 0.0134. The van der Waals surface area contributed by atoms with Gasteiger partial charge < -0.3 is 15.1 Å². The van der Waals surface area contributed by atoms with Crippen LogP contribution in [0.1, 0.15) is 33.6 Å². The summed E-state index contributed by atoms with van der Waals surface area (Å²) < 4.78 is 0. The van der Waals surface area contributed by atoms with E-state index >= 15 is 0 Å². The topological polar surface area (TPSA) is 35.6 Å². The Labute approximate surface area is 111 Å². The van der Waals surface area contributed by atoms with Gasteiger partial charge in [0.15, 0.2) is 0 Å². The third-order valence-electron chi connectivity index (χ3n) is 4.51. The van der Waals surface area contributed by atoms with E-state index in [4.69, 9.17) is 0 Å². The molecule has 0 radical (unpaired) electrons. The number of rotatable bonds is 2. The van der Waals surface area contributed by atoms with Crippen LogP contribution in [-0.2, 0) is 4.79 Å². The lowest BCUT2D eigenvalue weighted by atomic mass is 9.77. The molecule has 0 bridgehead atoms. The number of carbonyl (C=O) groups is 1. The Morgan fingerprint density at radius 3 is 2.50 bits per heavy atom. The summed E-state index contributed by atoms with van der Waals surface area (Å²) in [5.74, 6) is 0.315. The highest BCUT2D eigenvalue weighted by Gasteiger charge is 2.39. The van der Waals surface area contributed by atoms with Crippen molar-refractivity contribution in [3.8, 4) is 0 Å². The van der Waals surface area contributed by atoms with Crippen LogP contribution >= 0.6 is 0 Å². The fraction of sp³-hybridized carbons (Fsp3) is 0.929. The maximum absolute atomic E-state index is 12.6. The van der Waals surface area contributed by atoms with Gasteiger partial charge in [-0.25, -0.2) is 0 Å². The van der Waals surface area contributed by atoms with E-state index in [1.165, 1.54) is 6.42 Å². The van der Waals surface area contributed by atoms with Gasteiger partial charge in [0, 0.05) is 26.2 Å². The van der Waals surface area contributed by atoms with Crippen LogP contribution in [-0.4, -0.2) is 61.0 Å². The number of piperazine rings is 1. The molecule has 2 aliphatic heterocycles. The number of hydrogen-bond acceptors (Lipinski definition) is 3. The van der Waals surface area contributed by atoms with E-state index < -0.39 is 0 Å². The molecular weight excluding hydrogens is 226 g/mol. The largest absolute Gasteiger partial charge is 0.339 e. The lowest BCUT2D eigenvalue weighted by Crippen LogP contribution is -2.59. The Hall–Kier alpha value is -0.610. The van der Waals surface area contributed by atoms with Crippen LogP contribution in [0.3, 0.4) is 0 Å².